The van der Waals surface area contributed by atoms with E-state index < -0.39 is 34.6 Å². The number of ether oxygens (including phenoxy) is 1. The maximum atomic E-state index is 14.5. The van der Waals surface area contributed by atoms with Crippen LogP contribution in [0.4, 0.5) is 22.0 Å². The Labute approximate surface area is 199 Å². The average Bonchev–Trinajstić information content (AvgIpc) is 2.85. The van der Waals surface area contributed by atoms with E-state index >= 15 is 0 Å². The van der Waals surface area contributed by atoms with Crippen LogP contribution in [-0.4, -0.2) is 6.61 Å². The van der Waals surface area contributed by atoms with Gasteiger partial charge in [0.2, 0.25) is 0 Å². The van der Waals surface area contributed by atoms with Crippen molar-refractivity contribution in [3.63, 3.8) is 0 Å². The Bertz CT molecular complexity index is 1510. The van der Waals surface area contributed by atoms with Crippen molar-refractivity contribution in [2.75, 3.05) is 6.61 Å². The fraction of sp³-hybridized carbons (Fsp3) is 0.103. The number of hydrogen-bond acceptors (Lipinski definition) is 1. The minimum Gasteiger partial charge on any atom is -0.494 e. The summed E-state index contributed by atoms with van der Waals surface area (Å²) in [6.07, 6.45) is 0.891. The SMILES string of the molecule is CCCOc1ccc(C#Cc2cc(F)c(C#Cc3ccc4c(F)c(F)c(F)cc4c3)c(F)c2)cc1. The van der Waals surface area contributed by atoms with Crippen molar-refractivity contribution < 1.29 is 26.7 Å². The van der Waals surface area contributed by atoms with Crippen LogP contribution in [0, 0.1) is 52.8 Å². The normalized spacial score (nSPS) is 10.3. The minimum absolute atomic E-state index is 0.0738. The monoisotopic (exact) mass is 476 g/mol. The molecular weight excluding hydrogens is 459 g/mol. The fourth-order valence-electron chi connectivity index (χ4n) is 3.28. The van der Waals surface area contributed by atoms with E-state index in [4.69, 9.17) is 4.74 Å². The van der Waals surface area contributed by atoms with E-state index in [-0.39, 0.29) is 21.9 Å². The molecule has 0 saturated heterocycles. The summed E-state index contributed by atoms with van der Waals surface area (Å²) in [5.74, 6) is 5.24. The summed E-state index contributed by atoms with van der Waals surface area (Å²) in [5.41, 5.74) is 0.569. The summed E-state index contributed by atoms with van der Waals surface area (Å²) in [6, 6.07) is 13.9. The summed E-state index contributed by atoms with van der Waals surface area (Å²) in [4.78, 5) is 0. The van der Waals surface area contributed by atoms with Gasteiger partial charge in [-0.3, -0.25) is 0 Å². The van der Waals surface area contributed by atoms with E-state index in [1.165, 1.54) is 18.2 Å². The standard InChI is InChI=1S/C29H17F5O/c1-2-13-35-22-9-5-18(6-10-22)3-4-20-15-25(30)24(26(31)16-20)12-8-19-7-11-23-21(14-19)17-27(32)29(34)28(23)33/h5-7,9-11,14-17H,2,13H2,1H3. The second-order valence-electron chi connectivity index (χ2n) is 7.61. The predicted octanol–water partition coefficient (Wildman–Crippen LogP) is 7.12. The summed E-state index contributed by atoms with van der Waals surface area (Å²) < 4.78 is 75.3. The van der Waals surface area contributed by atoms with Crippen molar-refractivity contribution in [1.82, 2.24) is 0 Å². The minimum atomic E-state index is -1.57. The third kappa shape index (κ3) is 5.45. The van der Waals surface area contributed by atoms with Crippen LogP contribution in [0.3, 0.4) is 0 Å². The molecule has 0 bridgehead atoms. The van der Waals surface area contributed by atoms with Crippen LogP contribution < -0.4 is 4.74 Å². The van der Waals surface area contributed by atoms with Gasteiger partial charge in [-0.05, 0) is 66.4 Å². The predicted molar refractivity (Wildman–Crippen MR) is 124 cm³/mol. The highest BCUT2D eigenvalue weighted by Crippen LogP contribution is 2.24. The maximum Gasteiger partial charge on any atom is 0.195 e. The molecule has 0 atom stereocenters. The first-order chi connectivity index (χ1) is 16.9. The lowest BCUT2D eigenvalue weighted by molar-refractivity contribution is 0.317. The highest BCUT2D eigenvalue weighted by molar-refractivity contribution is 5.84. The molecule has 6 heteroatoms. The molecular formula is C29H17F5O. The first-order valence-electron chi connectivity index (χ1n) is 10.7. The molecule has 4 rings (SSSR count). The molecule has 0 aliphatic carbocycles. The van der Waals surface area contributed by atoms with Gasteiger partial charge in [0.05, 0.1) is 12.2 Å². The lowest BCUT2D eigenvalue weighted by Crippen LogP contribution is -1.94. The van der Waals surface area contributed by atoms with Crippen LogP contribution in [0.2, 0.25) is 0 Å². The fourth-order valence-corrected chi connectivity index (χ4v) is 3.28. The Morgan fingerprint density at radius 1 is 0.629 bits per heavy atom. The van der Waals surface area contributed by atoms with E-state index in [0.29, 0.717) is 17.9 Å². The zero-order chi connectivity index (χ0) is 24.9. The van der Waals surface area contributed by atoms with Crippen LogP contribution in [0.15, 0.2) is 60.7 Å². The summed E-state index contributed by atoms with van der Waals surface area (Å²) in [5, 5.41) is -0.0532. The Kier molecular flexibility index (Phi) is 7.03. The molecule has 0 aromatic heterocycles. The number of rotatable bonds is 3. The van der Waals surface area contributed by atoms with Gasteiger partial charge < -0.3 is 4.74 Å². The summed E-state index contributed by atoms with van der Waals surface area (Å²) in [7, 11) is 0. The van der Waals surface area contributed by atoms with Crippen molar-refractivity contribution in [3.05, 3.63) is 112 Å². The lowest BCUT2D eigenvalue weighted by atomic mass is 10.1. The van der Waals surface area contributed by atoms with Crippen molar-refractivity contribution in [2.45, 2.75) is 13.3 Å². The van der Waals surface area contributed by atoms with Gasteiger partial charge in [-0.2, -0.15) is 0 Å². The molecule has 0 aliphatic rings. The van der Waals surface area contributed by atoms with E-state index in [1.807, 2.05) is 6.92 Å². The molecule has 0 saturated carbocycles. The summed E-state index contributed by atoms with van der Waals surface area (Å²) >= 11 is 0. The number of hydrogen-bond donors (Lipinski definition) is 0. The number of halogens is 5. The van der Waals surface area contributed by atoms with Gasteiger partial charge in [-0.1, -0.05) is 36.7 Å². The highest BCUT2D eigenvalue weighted by atomic mass is 19.2. The van der Waals surface area contributed by atoms with Gasteiger partial charge in [0.1, 0.15) is 17.4 Å². The quantitative estimate of drug-likeness (QED) is 0.174. The van der Waals surface area contributed by atoms with Crippen LogP contribution in [-0.2, 0) is 0 Å². The van der Waals surface area contributed by atoms with Crippen LogP contribution in [0.5, 0.6) is 5.75 Å². The van der Waals surface area contributed by atoms with Gasteiger partial charge in [0, 0.05) is 22.1 Å². The molecule has 35 heavy (non-hydrogen) atoms. The molecule has 4 aromatic carbocycles. The molecule has 0 aliphatic heterocycles. The zero-order valence-corrected chi connectivity index (χ0v) is 18.5. The Morgan fingerprint density at radius 2 is 1.26 bits per heavy atom. The van der Waals surface area contributed by atoms with Crippen molar-refractivity contribution in [3.8, 4) is 29.4 Å². The van der Waals surface area contributed by atoms with E-state index in [1.54, 1.807) is 24.3 Å². The maximum absolute atomic E-state index is 14.5. The first kappa shape index (κ1) is 23.9. The van der Waals surface area contributed by atoms with Gasteiger partial charge in [0.25, 0.3) is 0 Å². The zero-order valence-electron chi connectivity index (χ0n) is 18.5. The van der Waals surface area contributed by atoms with Crippen LogP contribution in [0.1, 0.15) is 35.6 Å². The van der Waals surface area contributed by atoms with Gasteiger partial charge in [0.15, 0.2) is 17.5 Å². The second kappa shape index (κ2) is 10.3. The van der Waals surface area contributed by atoms with Crippen molar-refractivity contribution in [1.29, 1.82) is 0 Å². The van der Waals surface area contributed by atoms with Crippen molar-refractivity contribution >= 4 is 10.8 Å². The van der Waals surface area contributed by atoms with E-state index in [2.05, 4.69) is 23.7 Å². The lowest BCUT2D eigenvalue weighted by Gasteiger charge is -2.03. The molecule has 0 fully saturated rings. The number of benzene rings is 4. The van der Waals surface area contributed by atoms with Crippen molar-refractivity contribution in [2.24, 2.45) is 0 Å². The highest BCUT2D eigenvalue weighted by Gasteiger charge is 2.13. The second-order valence-corrected chi connectivity index (χ2v) is 7.61. The molecule has 174 valence electrons. The van der Waals surface area contributed by atoms with Gasteiger partial charge in [-0.25, -0.2) is 22.0 Å². The molecule has 0 spiro atoms. The van der Waals surface area contributed by atoms with E-state index in [9.17, 15) is 22.0 Å². The average molecular weight is 476 g/mol. The Morgan fingerprint density at radius 3 is 1.94 bits per heavy atom. The topological polar surface area (TPSA) is 9.23 Å². The first-order valence-corrected chi connectivity index (χ1v) is 10.7. The number of fused-ring (bicyclic) bond motifs is 1. The van der Waals surface area contributed by atoms with E-state index in [0.717, 1.165) is 24.6 Å². The van der Waals surface area contributed by atoms with Gasteiger partial charge in [-0.15, -0.1) is 0 Å². The Balaban J connectivity index is 1.57. The molecule has 0 heterocycles. The largest absolute Gasteiger partial charge is 0.494 e. The summed E-state index contributed by atoms with van der Waals surface area (Å²) in [6.45, 7) is 2.61. The molecule has 0 unspecified atom stereocenters. The molecule has 0 radical (unpaired) electrons. The smallest absolute Gasteiger partial charge is 0.195 e. The molecule has 1 nitrogen and oxygen atoms in total. The molecule has 4 aromatic rings. The molecule has 0 N–H and O–H groups in total. The van der Waals surface area contributed by atoms with Crippen LogP contribution in [0.25, 0.3) is 10.8 Å². The Hall–Kier alpha value is -4.29. The third-order valence-corrected chi connectivity index (χ3v) is 5.02. The molecule has 0 amide bonds. The van der Waals surface area contributed by atoms with Gasteiger partial charge >= 0.3 is 0 Å². The van der Waals surface area contributed by atoms with Crippen LogP contribution >= 0.6 is 0 Å². The third-order valence-electron chi connectivity index (χ3n) is 5.02.